The number of anilines is 1. The molecule has 1 aromatic heterocycles. The molecule has 0 bridgehead atoms. The predicted molar refractivity (Wildman–Crippen MR) is 90.5 cm³/mol. The number of rotatable bonds is 6. The van der Waals surface area contributed by atoms with E-state index in [1.54, 1.807) is 0 Å². The van der Waals surface area contributed by atoms with Crippen LogP contribution in [-0.2, 0) is 6.54 Å². The lowest BCUT2D eigenvalue weighted by Crippen LogP contribution is -2.10. The first-order valence-corrected chi connectivity index (χ1v) is 7.70. The maximum Gasteiger partial charge on any atom is 0.204 e. The lowest BCUT2D eigenvalue weighted by Gasteiger charge is -2.11. The van der Waals surface area contributed by atoms with Crippen molar-refractivity contribution in [3.63, 3.8) is 0 Å². The third-order valence-corrected chi connectivity index (χ3v) is 3.78. The smallest absolute Gasteiger partial charge is 0.204 e. The van der Waals surface area contributed by atoms with Gasteiger partial charge in [-0.1, -0.05) is 35.9 Å². The van der Waals surface area contributed by atoms with E-state index in [2.05, 4.69) is 20.9 Å². The Labute approximate surface area is 134 Å². The topological polar surface area (TPSA) is 50.1 Å². The molecule has 0 saturated heterocycles. The average Bonchev–Trinajstić information content (AvgIpc) is 2.88. The Kier molecular flexibility index (Phi) is 4.61. The summed E-state index contributed by atoms with van der Waals surface area (Å²) in [7, 11) is 0. The second-order valence-corrected chi connectivity index (χ2v) is 5.58. The Hall–Kier alpha value is -2.04. The third kappa shape index (κ3) is 3.24. The summed E-state index contributed by atoms with van der Waals surface area (Å²) in [5, 5.41) is 13.0. The molecule has 0 aliphatic heterocycles. The van der Waals surface area contributed by atoms with Crippen LogP contribution in [0.4, 0.5) is 5.95 Å². The monoisotopic (exact) mass is 315 g/mol. The molecule has 2 aromatic carbocycles. The van der Waals surface area contributed by atoms with Crippen LogP contribution in [0.2, 0.25) is 5.02 Å². The Morgan fingerprint density at radius 1 is 1.09 bits per heavy atom. The number of hydrogen-bond acceptors (Lipinski definition) is 3. The van der Waals surface area contributed by atoms with Gasteiger partial charge in [-0.05, 0) is 36.2 Å². The summed E-state index contributed by atoms with van der Waals surface area (Å²) < 4.78 is 2.15. The van der Waals surface area contributed by atoms with E-state index in [0.717, 1.165) is 34.1 Å². The van der Waals surface area contributed by atoms with Crippen LogP contribution in [0.3, 0.4) is 0 Å². The summed E-state index contributed by atoms with van der Waals surface area (Å²) in [5.74, 6) is 0.824. The van der Waals surface area contributed by atoms with E-state index >= 15 is 0 Å². The van der Waals surface area contributed by atoms with Crippen molar-refractivity contribution in [2.24, 2.45) is 0 Å². The van der Waals surface area contributed by atoms with Gasteiger partial charge >= 0.3 is 0 Å². The van der Waals surface area contributed by atoms with Crippen molar-refractivity contribution in [3.05, 3.63) is 59.1 Å². The number of aliphatic hydroxyl groups excluding tert-OH is 1. The van der Waals surface area contributed by atoms with Crippen molar-refractivity contribution in [1.82, 2.24) is 9.55 Å². The molecule has 5 heteroatoms. The third-order valence-electron chi connectivity index (χ3n) is 3.53. The van der Waals surface area contributed by atoms with Gasteiger partial charge < -0.3 is 15.0 Å². The molecule has 114 valence electrons. The zero-order valence-corrected chi connectivity index (χ0v) is 12.9. The zero-order chi connectivity index (χ0) is 15.4. The summed E-state index contributed by atoms with van der Waals surface area (Å²) in [4.78, 5) is 4.64. The van der Waals surface area contributed by atoms with Crippen LogP contribution in [0, 0.1) is 0 Å². The molecule has 0 amide bonds. The van der Waals surface area contributed by atoms with Gasteiger partial charge in [0, 0.05) is 18.2 Å². The molecule has 0 radical (unpaired) electrons. The fourth-order valence-corrected chi connectivity index (χ4v) is 2.55. The van der Waals surface area contributed by atoms with Crippen LogP contribution in [0.1, 0.15) is 12.0 Å². The van der Waals surface area contributed by atoms with Crippen LogP contribution in [-0.4, -0.2) is 27.8 Å². The largest absolute Gasteiger partial charge is 0.396 e. The van der Waals surface area contributed by atoms with Crippen molar-refractivity contribution < 1.29 is 5.11 Å². The molecular formula is C17H18ClN3O. The number of nitrogens with one attached hydrogen (secondary N) is 1. The maximum absolute atomic E-state index is 8.93. The van der Waals surface area contributed by atoms with Crippen molar-refractivity contribution in [2.45, 2.75) is 13.0 Å². The number of benzene rings is 2. The lowest BCUT2D eigenvalue weighted by molar-refractivity contribution is 0.292. The van der Waals surface area contributed by atoms with Crippen molar-refractivity contribution in [2.75, 3.05) is 18.5 Å². The van der Waals surface area contributed by atoms with E-state index in [-0.39, 0.29) is 6.61 Å². The fraction of sp³-hybridized carbons (Fsp3) is 0.235. The van der Waals surface area contributed by atoms with Crippen LogP contribution < -0.4 is 5.32 Å². The molecule has 1 heterocycles. The minimum atomic E-state index is 0.171. The van der Waals surface area contributed by atoms with E-state index in [1.165, 1.54) is 0 Å². The van der Waals surface area contributed by atoms with Gasteiger partial charge in [0.2, 0.25) is 5.95 Å². The van der Waals surface area contributed by atoms with Crippen molar-refractivity contribution >= 4 is 28.6 Å². The first-order chi connectivity index (χ1) is 10.8. The molecule has 22 heavy (non-hydrogen) atoms. The SMILES string of the molecule is OCCCNc1nc2ccccc2n1Cc1ccc(Cl)cc1. The maximum atomic E-state index is 8.93. The van der Waals surface area contributed by atoms with E-state index in [0.29, 0.717) is 13.0 Å². The Morgan fingerprint density at radius 2 is 1.86 bits per heavy atom. The molecule has 0 aliphatic carbocycles. The molecule has 0 spiro atoms. The molecular weight excluding hydrogens is 298 g/mol. The van der Waals surface area contributed by atoms with Gasteiger partial charge in [-0.25, -0.2) is 4.98 Å². The van der Waals surface area contributed by atoms with Gasteiger partial charge in [-0.15, -0.1) is 0 Å². The molecule has 0 unspecified atom stereocenters. The van der Waals surface area contributed by atoms with Gasteiger partial charge in [0.05, 0.1) is 17.6 Å². The quantitative estimate of drug-likeness (QED) is 0.684. The Balaban J connectivity index is 1.94. The second-order valence-electron chi connectivity index (χ2n) is 5.14. The average molecular weight is 316 g/mol. The highest BCUT2D eigenvalue weighted by Gasteiger charge is 2.10. The predicted octanol–water partition coefficient (Wildman–Crippen LogP) is 3.53. The molecule has 0 aliphatic rings. The standard InChI is InChI=1S/C17H18ClN3O/c18-14-8-6-13(7-9-14)12-21-16-5-2-1-4-15(16)20-17(21)19-10-3-11-22/h1-2,4-9,22H,3,10-12H2,(H,19,20). The number of halogens is 1. The number of aliphatic hydroxyl groups is 1. The first kappa shape index (κ1) is 14.9. The lowest BCUT2D eigenvalue weighted by atomic mass is 10.2. The summed E-state index contributed by atoms with van der Waals surface area (Å²) in [6, 6.07) is 15.9. The van der Waals surface area contributed by atoms with Crippen molar-refractivity contribution in [1.29, 1.82) is 0 Å². The van der Waals surface area contributed by atoms with Crippen molar-refractivity contribution in [3.8, 4) is 0 Å². The van der Waals surface area contributed by atoms with Gasteiger partial charge in [0.15, 0.2) is 0 Å². The number of nitrogens with zero attached hydrogens (tertiary/aromatic N) is 2. The van der Waals surface area contributed by atoms with E-state index in [9.17, 15) is 0 Å². The molecule has 0 atom stereocenters. The molecule has 4 nitrogen and oxygen atoms in total. The summed E-state index contributed by atoms with van der Waals surface area (Å²) in [5.41, 5.74) is 3.21. The molecule has 3 aromatic rings. The number of aromatic nitrogens is 2. The van der Waals surface area contributed by atoms with E-state index in [4.69, 9.17) is 16.7 Å². The van der Waals surface area contributed by atoms with Crippen LogP contribution in [0.25, 0.3) is 11.0 Å². The van der Waals surface area contributed by atoms with Gasteiger partial charge in [-0.2, -0.15) is 0 Å². The van der Waals surface area contributed by atoms with E-state index in [1.807, 2.05) is 42.5 Å². The van der Waals surface area contributed by atoms with Gasteiger partial charge in [0.25, 0.3) is 0 Å². The second kappa shape index (κ2) is 6.81. The number of imidazole rings is 1. The highest BCUT2D eigenvalue weighted by molar-refractivity contribution is 6.30. The first-order valence-electron chi connectivity index (χ1n) is 7.32. The molecule has 0 fully saturated rings. The highest BCUT2D eigenvalue weighted by Crippen LogP contribution is 2.21. The number of hydrogen-bond donors (Lipinski definition) is 2. The molecule has 0 saturated carbocycles. The number of para-hydroxylation sites is 2. The summed E-state index contributed by atoms with van der Waals surface area (Å²) in [6.45, 7) is 1.59. The fourth-order valence-electron chi connectivity index (χ4n) is 2.42. The van der Waals surface area contributed by atoms with Gasteiger partial charge in [-0.3, -0.25) is 0 Å². The zero-order valence-electron chi connectivity index (χ0n) is 12.2. The number of fused-ring (bicyclic) bond motifs is 1. The van der Waals surface area contributed by atoms with Crippen LogP contribution in [0.5, 0.6) is 0 Å². The normalized spacial score (nSPS) is 11.0. The van der Waals surface area contributed by atoms with E-state index < -0.39 is 0 Å². The minimum Gasteiger partial charge on any atom is -0.396 e. The Bertz CT molecular complexity index is 752. The highest BCUT2D eigenvalue weighted by atomic mass is 35.5. The van der Waals surface area contributed by atoms with Gasteiger partial charge in [0.1, 0.15) is 0 Å². The van der Waals surface area contributed by atoms with Crippen LogP contribution in [0.15, 0.2) is 48.5 Å². The Morgan fingerprint density at radius 3 is 2.64 bits per heavy atom. The van der Waals surface area contributed by atoms with Crippen LogP contribution >= 0.6 is 11.6 Å². The molecule has 2 N–H and O–H groups in total. The molecule has 3 rings (SSSR count). The summed E-state index contributed by atoms with van der Waals surface area (Å²) >= 11 is 5.95. The minimum absolute atomic E-state index is 0.171. The summed E-state index contributed by atoms with van der Waals surface area (Å²) in [6.07, 6.45) is 0.699.